The van der Waals surface area contributed by atoms with Crippen LogP contribution in [0, 0.1) is 28.1 Å². The van der Waals surface area contributed by atoms with Gasteiger partial charge in [-0.15, -0.1) is 0 Å². The Kier molecular flexibility index (Phi) is 17.6. The maximum Gasteiger partial charge on any atom is 0.310 e. The number of methoxy groups -OCH3 is 1. The molecule has 5 rings (SSSR count). The van der Waals surface area contributed by atoms with Crippen LogP contribution in [0.25, 0.3) is 0 Å². The van der Waals surface area contributed by atoms with E-state index < -0.39 is 90.3 Å². The summed E-state index contributed by atoms with van der Waals surface area (Å²) in [6, 6.07) is 0. The van der Waals surface area contributed by atoms with Crippen molar-refractivity contribution in [3.05, 3.63) is 0 Å². The lowest BCUT2D eigenvalue weighted by Gasteiger charge is -2.53. The van der Waals surface area contributed by atoms with Gasteiger partial charge in [0, 0.05) is 89.7 Å². The van der Waals surface area contributed by atoms with Gasteiger partial charge in [0.25, 0.3) is 0 Å². The van der Waals surface area contributed by atoms with Gasteiger partial charge in [-0.05, 0) is 104 Å². The van der Waals surface area contributed by atoms with E-state index in [0.717, 1.165) is 0 Å². The van der Waals surface area contributed by atoms with Crippen molar-refractivity contribution in [2.75, 3.05) is 67.9 Å². The summed E-state index contributed by atoms with van der Waals surface area (Å²) >= 11 is 0. The Hall–Kier alpha value is -2.44. The van der Waals surface area contributed by atoms with E-state index in [-0.39, 0.29) is 45.3 Å². The van der Waals surface area contributed by atoms with Crippen molar-refractivity contribution in [2.45, 2.75) is 226 Å². The predicted molar refractivity (Wildman–Crippen MR) is 266 cm³/mol. The van der Waals surface area contributed by atoms with E-state index in [1.165, 1.54) is 0 Å². The number of piperidine rings is 3. The second kappa shape index (κ2) is 21.1. The molecule has 404 valence electrons. The Morgan fingerprint density at radius 2 is 0.771 bits per heavy atom. The van der Waals surface area contributed by atoms with Crippen LogP contribution >= 0.6 is 0 Å². The number of carbonyl (C=O) groups is 4. The van der Waals surface area contributed by atoms with Crippen molar-refractivity contribution in [1.29, 1.82) is 0 Å². The van der Waals surface area contributed by atoms with Gasteiger partial charge < -0.3 is 42.6 Å². The normalized spacial score (nSPS) is 29.7. The van der Waals surface area contributed by atoms with E-state index in [9.17, 15) is 19.2 Å². The molecule has 70 heavy (non-hydrogen) atoms. The van der Waals surface area contributed by atoms with Gasteiger partial charge in [0.1, 0.15) is 24.9 Å². The summed E-state index contributed by atoms with van der Waals surface area (Å²) in [7, 11) is 7.86. The minimum absolute atomic E-state index is 0.124. The Bertz CT molecular complexity index is 1790. The van der Waals surface area contributed by atoms with Gasteiger partial charge in [0.2, 0.25) is 0 Å². The summed E-state index contributed by atoms with van der Waals surface area (Å²) in [6.45, 7) is 34.9. The summed E-state index contributed by atoms with van der Waals surface area (Å²) < 4.78 is 55.3. The second-order valence-corrected chi connectivity index (χ2v) is 27.1. The number of hydrogen-bond donors (Lipinski definition) is 0. The molecule has 5 fully saturated rings. The molecule has 0 bridgehead atoms. The molecule has 0 aromatic rings. The van der Waals surface area contributed by atoms with Crippen molar-refractivity contribution < 1.29 is 61.8 Å². The first-order valence-corrected chi connectivity index (χ1v) is 25.8. The molecule has 0 saturated carbocycles. The zero-order valence-electron chi connectivity index (χ0n) is 47.1. The molecular formula is C54H95N3O13. The van der Waals surface area contributed by atoms with Crippen molar-refractivity contribution in [2.24, 2.45) is 28.1 Å². The molecule has 0 radical (unpaired) electrons. The second-order valence-electron chi connectivity index (χ2n) is 27.1. The number of hydrogen-bond acceptors (Lipinski definition) is 16. The van der Waals surface area contributed by atoms with Gasteiger partial charge in [-0.25, -0.2) is 0 Å². The fourth-order valence-electron chi connectivity index (χ4n) is 12.1. The summed E-state index contributed by atoms with van der Waals surface area (Å²) in [5.41, 5.74) is -3.55. The first kappa shape index (κ1) is 58.4. The molecule has 0 aliphatic carbocycles. The summed E-state index contributed by atoms with van der Waals surface area (Å²) in [5.74, 6) is -5.72. The number of rotatable bonds is 16. The molecule has 5 aliphatic rings. The first-order valence-electron chi connectivity index (χ1n) is 25.8. The van der Waals surface area contributed by atoms with E-state index in [1.807, 2.05) is 27.7 Å². The van der Waals surface area contributed by atoms with Gasteiger partial charge in [0.15, 0.2) is 12.6 Å². The molecule has 1 spiro atoms. The van der Waals surface area contributed by atoms with Gasteiger partial charge in [-0.3, -0.25) is 33.9 Å². The molecule has 0 N–H and O–H groups in total. The van der Waals surface area contributed by atoms with Crippen LogP contribution in [0.15, 0.2) is 0 Å². The molecule has 5 aliphatic heterocycles. The molecule has 2 atom stereocenters. The fourth-order valence-corrected chi connectivity index (χ4v) is 12.1. The topological polar surface area (TPSA) is 161 Å². The van der Waals surface area contributed by atoms with E-state index in [1.54, 1.807) is 7.11 Å². The summed E-state index contributed by atoms with van der Waals surface area (Å²) in [5, 5.41) is 0. The first-order chi connectivity index (χ1) is 31.9. The fraction of sp³-hybridized carbons (Fsp3) is 0.926. The van der Waals surface area contributed by atoms with Crippen LogP contribution in [0.3, 0.4) is 0 Å². The summed E-state index contributed by atoms with van der Waals surface area (Å²) in [6.07, 6.45) is -0.424. The number of likely N-dealkylation sites (tertiary alicyclic amines) is 3. The average Bonchev–Trinajstić information content (AvgIpc) is 3.21. The Balaban J connectivity index is 1.39. The lowest BCUT2D eigenvalue weighted by atomic mass is 9.78. The third kappa shape index (κ3) is 13.6. The Morgan fingerprint density at radius 3 is 1.09 bits per heavy atom. The lowest BCUT2D eigenvalue weighted by Crippen LogP contribution is -2.61. The van der Waals surface area contributed by atoms with Crippen molar-refractivity contribution in [3.8, 4) is 0 Å². The highest BCUT2D eigenvalue weighted by Gasteiger charge is 2.52. The van der Waals surface area contributed by atoms with Crippen molar-refractivity contribution in [3.63, 3.8) is 0 Å². The third-order valence-electron chi connectivity index (χ3n) is 17.1. The average molecular weight is 994 g/mol. The molecule has 2 unspecified atom stereocenters. The van der Waals surface area contributed by atoms with Gasteiger partial charge in [0.05, 0.1) is 63.1 Å². The maximum absolute atomic E-state index is 14.9. The van der Waals surface area contributed by atoms with Crippen LogP contribution in [-0.2, 0) is 61.8 Å². The largest absolute Gasteiger partial charge is 0.465 e. The van der Waals surface area contributed by atoms with E-state index in [0.29, 0.717) is 71.6 Å². The van der Waals surface area contributed by atoms with Crippen molar-refractivity contribution in [1.82, 2.24) is 14.7 Å². The van der Waals surface area contributed by atoms with Gasteiger partial charge >= 0.3 is 23.9 Å². The molecule has 0 aromatic heterocycles. The number of carbonyl (C=O) groups excluding carboxylic acids is 4. The number of ether oxygens (including phenoxy) is 9. The van der Waals surface area contributed by atoms with Crippen LogP contribution in [0.1, 0.15) is 162 Å². The highest BCUT2D eigenvalue weighted by Crippen LogP contribution is 2.43. The molecule has 5 saturated heterocycles. The van der Waals surface area contributed by atoms with Crippen LogP contribution in [0.5, 0.6) is 0 Å². The predicted octanol–water partition coefficient (Wildman–Crippen LogP) is 7.56. The molecule has 16 heteroatoms. The molecule has 5 heterocycles. The third-order valence-corrected chi connectivity index (χ3v) is 17.1. The maximum atomic E-state index is 14.9. The standard InChI is InChI=1S/C54H95N3O13/c1-46(2,29-62-20)44-64-31-54(32-65-44)33-66-45(67-34-54)47(3,4)30-63-40(58)21-38(42(60)69-36-25-50(9,10)56(18)51(11,12)26-36)39(43(61)70-37-27-52(13,14)57(19)53(15,16)28-37)22-41(59)68-35-23-48(5,6)55(17)49(7,8)24-35/h35-39,44-45H,21-34H2,1-20H3. The van der Waals surface area contributed by atoms with Gasteiger partial charge in [-0.2, -0.15) is 0 Å². The zero-order valence-corrected chi connectivity index (χ0v) is 47.1. The molecule has 16 nitrogen and oxygen atoms in total. The molecule has 0 aromatic carbocycles. The van der Waals surface area contributed by atoms with E-state index in [2.05, 4.69) is 119 Å². The minimum Gasteiger partial charge on any atom is -0.465 e. The smallest absolute Gasteiger partial charge is 0.310 e. The minimum atomic E-state index is -1.43. The Morgan fingerprint density at radius 1 is 0.486 bits per heavy atom. The number of nitrogens with zero attached hydrogens (tertiary/aromatic N) is 3. The van der Waals surface area contributed by atoms with Crippen LogP contribution < -0.4 is 0 Å². The van der Waals surface area contributed by atoms with Crippen molar-refractivity contribution >= 4 is 23.9 Å². The van der Waals surface area contributed by atoms with Crippen LogP contribution in [0.4, 0.5) is 0 Å². The zero-order chi connectivity index (χ0) is 52.8. The molecular weight excluding hydrogens is 899 g/mol. The van der Waals surface area contributed by atoms with E-state index >= 15 is 0 Å². The van der Waals surface area contributed by atoms with Crippen LogP contribution in [0.2, 0.25) is 0 Å². The Labute approximate surface area is 421 Å². The monoisotopic (exact) mass is 994 g/mol. The SMILES string of the molecule is COCC(C)(C)C1OCC2(CO1)COC(C(C)(C)COC(=O)CC(C(=O)OC1CC(C)(C)N(C)C(C)(C)C1)C(CC(=O)OC1CC(C)(C)N(C)C(C)(C)C1)C(=O)OC1CC(C)(C)N(C)C(C)(C)C1)OC2. The summed E-state index contributed by atoms with van der Waals surface area (Å²) in [4.78, 5) is 65.4. The highest BCUT2D eigenvalue weighted by molar-refractivity contribution is 5.88. The van der Waals surface area contributed by atoms with E-state index in [4.69, 9.17) is 42.6 Å². The molecule has 0 amide bonds. The lowest BCUT2D eigenvalue weighted by molar-refractivity contribution is -0.337. The van der Waals surface area contributed by atoms with Gasteiger partial charge in [-0.1, -0.05) is 27.7 Å². The quantitative estimate of drug-likeness (QED) is 0.110. The van der Waals surface area contributed by atoms with Crippen LogP contribution in [-0.4, -0.2) is 171 Å². The highest BCUT2D eigenvalue weighted by atomic mass is 16.7. The number of esters is 4.